The molecule has 0 nitrogen and oxygen atoms in total. The summed E-state index contributed by atoms with van der Waals surface area (Å²) in [7, 11) is 2.34. The molecule has 0 saturated heterocycles. The van der Waals surface area contributed by atoms with E-state index in [-0.39, 0.29) is 0 Å². The Morgan fingerprint density at radius 2 is 1.68 bits per heavy atom. The zero-order valence-electron chi connectivity index (χ0n) is 16.5. The quantitative estimate of drug-likeness (QED) is 0.263. The van der Waals surface area contributed by atoms with Crippen LogP contribution in [0.25, 0.3) is 0 Å². The van der Waals surface area contributed by atoms with Gasteiger partial charge in [-0.05, 0) is 61.2 Å². The summed E-state index contributed by atoms with van der Waals surface area (Å²) in [5, 5.41) is 0. The second-order valence-corrected chi connectivity index (χ2v) is 8.55. The summed E-state index contributed by atoms with van der Waals surface area (Å²) in [6, 6.07) is 0. The van der Waals surface area contributed by atoms with Gasteiger partial charge in [0.05, 0.1) is 0 Å². The summed E-state index contributed by atoms with van der Waals surface area (Å²) in [6.07, 6.45) is 14.3. The number of rotatable bonds is 12. The number of hydrogen-bond donors (Lipinski definition) is 0. The zero-order valence-corrected chi connectivity index (χ0v) is 16.5. The van der Waals surface area contributed by atoms with E-state index >= 15 is 0 Å². The van der Waals surface area contributed by atoms with Crippen LogP contribution in [0.3, 0.4) is 0 Å². The van der Waals surface area contributed by atoms with Crippen molar-refractivity contribution in [2.24, 2.45) is 29.1 Å². The molecule has 22 heavy (non-hydrogen) atoms. The molecule has 129 valence electrons. The summed E-state index contributed by atoms with van der Waals surface area (Å²) in [4.78, 5) is 0. The van der Waals surface area contributed by atoms with Crippen molar-refractivity contribution in [2.75, 3.05) is 0 Å². The van der Waals surface area contributed by atoms with Crippen LogP contribution in [0.1, 0.15) is 92.4 Å². The van der Waals surface area contributed by atoms with Gasteiger partial charge in [0.2, 0.25) is 0 Å². The highest BCUT2D eigenvalue weighted by Gasteiger charge is 2.36. The highest BCUT2D eigenvalue weighted by Crippen LogP contribution is 2.47. The molecule has 1 aliphatic carbocycles. The summed E-state index contributed by atoms with van der Waals surface area (Å²) in [5.41, 5.74) is 0.560. The lowest BCUT2D eigenvalue weighted by Gasteiger charge is -2.43. The van der Waals surface area contributed by atoms with Crippen molar-refractivity contribution in [3.63, 3.8) is 0 Å². The van der Waals surface area contributed by atoms with Crippen LogP contribution >= 0.6 is 0 Å². The molecule has 0 aliphatic heterocycles. The van der Waals surface area contributed by atoms with Crippen molar-refractivity contribution in [3.05, 3.63) is 0 Å². The third-order valence-corrected chi connectivity index (χ3v) is 7.16. The maximum atomic E-state index is 2.60. The lowest BCUT2D eigenvalue weighted by molar-refractivity contribution is 0.0747. The SMILES string of the molecule is C[B]CCCC(C)(CCC1CCC1CCC)C(C)C(C)CC. The second kappa shape index (κ2) is 10.0. The molecule has 1 saturated carbocycles. The Labute approximate surface area is 142 Å². The van der Waals surface area contributed by atoms with Gasteiger partial charge < -0.3 is 0 Å². The molecule has 0 spiro atoms. The van der Waals surface area contributed by atoms with Gasteiger partial charge in [-0.15, -0.1) is 0 Å². The molecule has 0 bridgehead atoms. The fraction of sp³-hybridized carbons (Fsp3) is 1.00. The molecular weight excluding hydrogens is 263 g/mol. The third kappa shape index (κ3) is 5.61. The first kappa shape index (κ1) is 20.1. The highest BCUT2D eigenvalue weighted by molar-refractivity contribution is 6.33. The van der Waals surface area contributed by atoms with Gasteiger partial charge in [-0.1, -0.05) is 73.4 Å². The first-order chi connectivity index (χ1) is 10.5. The summed E-state index contributed by atoms with van der Waals surface area (Å²) in [5.74, 6) is 3.85. The molecule has 0 amide bonds. The average Bonchev–Trinajstić information content (AvgIpc) is 2.50. The maximum absolute atomic E-state index is 2.60. The largest absolute Gasteiger partial charge is 0.105 e. The smallest absolute Gasteiger partial charge is 0.0920 e. The summed E-state index contributed by atoms with van der Waals surface area (Å²) < 4.78 is 0. The van der Waals surface area contributed by atoms with E-state index in [1.165, 1.54) is 64.1 Å². The first-order valence-corrected chi connectivity index (χ1v) is 10.3. The van der Waals surface area contributed by atoms with E-state index in [4.69, 9.17) is 0 Å². The van der Waals surface area contributed by atoms with E-state index < -0.39 is 0 Å². The topological polar surface area (TPSA) is 0 Å². The lowest BCUT2D eigenvalue weighted by atomic mass is 9.61. The minimum Gasteiger partial charge on any atom is -0.0920 e. The Morgan fingerprint density at radius 3 is 2.18 bits per heavy atom. The Bertz CT molecular complexity index is 288. The molecule has 0 heterocycles. The van der Waals surface area contributed by atoms with Gasteiger partial charge in [0.15, 0.2) is 0 Å². The summed E-state index contributed by atoms with van der Waals surface area (Å²) >= 11 is 0. The van der Waals surface area contributed by atoms with E-state index in [2.05, 4.69) is 48.7 Å². The van der Waals surface area contributed by atoms with Crippen LogP contribution in [0, 0.1) is 29.1 Å². The van der Waals surface area contributed by atoms with Crippen LogP contribution in [-0.2, 0) is 0 Å². The van der Waals surface area contributed by atoms with E-state index in [1.54, 1.807) is 0 Å². The Morgan fingerprint density at radius 1 is 1.05 bits per heavy atom. The van der Waals surface area contributed by atoms with Crippen LogP contribution in [0.5, 0.6) is 0 Å². The molecule has 1 aliphatic rings. The van der Waals surface area contributed by atoms with Crippen molar-refractivity contribution in [3.8, 4) is 0 Å². The van der Waals surface area contributed by atoms with E-state index in [9.17, 15) is 0 Å². The van der Waals surface area contributed by atoms with E-state index in [1.807, 2.05) is 0 Å². The van der Waals surface area contributed by atoms with E-state index in [0.29, 0.717) is 5.41 Å². The van der Waals surface area contributed by atoms with Gasteiger partial charge in [0.1, 0.15) is 7.28 Å². The fourth-order valence-electron chi connectivity index (χ4n) is 4.61. The van der Waals surface area contributed by atoms with Gasteiger partial charge in [0.25, 0.3) is 0 Å². The molecule has 1 heteroatoms. The Kier molecular flexibility index (Phi) is 9.18. The summed E-state index contributed by atoms with van der Waals surface area (Å²) in [6.45, 7) is 14.5. The van der Waals surface area contributed by atoms with E-state index in [0.717, 1.165) is 23.7 Å². The van der Waals surface area contributed by atoms with Gasteiger partial charge in [-0.3, -0.25) is 0 Å². The van der Waals surface area contributed by atoms with Gasteiger partial charge in [0, 0.05) is 0 Å². The monoisotopic (exact) mass is 305 g/mol. The molecule has 1 radical (unpaired) electrons. The molecule has 0 aromatic heterocycles. The van der Waals surface area contributed by atoms with Crippen molar-refractivity contribution >= 4 is 7.28 Å². The lowest BCUT2D eigenvalue weighted by Crippen LogP contribution is -2.33. The first-order valence-electron chi connectivity index (χ1n) is 10.3. The third-order valence-electron chi connectivity index (χ3n) is 7.16. The standard InChI is InChI=1S/C21H42B/c1-7-10-19-11-12-20(19)13-15-21(5,14-9-16-22-6)18(4)17(3)8-2/h17-20H,7-16H2,1-6H3. The molecule has 1 rings (SSSR count). The normalized spacial score (nSPS) is 26.8. The van der Waals surface area contributed by atoms with Gasteiger partial charge in [-0.25, -0.2) is 0 Å². The second-order valence-electron chi connectivity index (χ2n) is 8.55. The molecular formula is C21H42B. The van der Waals surface area contributed by atoms with Gasteiger partial charge >= 0.3 is 0 Å². The predicted octanol–water partition coefficient (Wildman–Crippen LogP) is 7.23. The Hall–Kier alpha value is 0.0649. The van der Waals surface area contributed by atoms with Crippen molar-refractivity contribution in [1.29, 1.82) is 0 Å². The molecule has 1 fully saturated rings. The van der Waals surface area contributed by atoms with Crippen LogP contribution in [-0.4, -0.2) is 7.28 Å². The van der Waals surface area contributed by atoms with Crippen molar-refractivity contribution < 1.29 is 0 Å². The van der Waals surface area contributed by atoms with Crippen LogP contribution < -0.4 is 0 Å². The molecule has 5 atom stereocenters. The molecule has 0 aromatic rings. The number of hydrogen-bond acceptors (Lipinski definition) is 0. The fourth-order valence-corrected chi connectivity index (χ4v) is 4.61. The van der Waals surface area contributed by atoms with Crippen LogP contribution in [0.4, 0.5) is 0 Å². The maximum Gasteiger partial charge on any atom is 0.105 e. The molecule has 5 unspecified atom stereocenters. The minimum absolute atomic E-state index is 0.560. The highest BCUT2D eigenvalue weighted by atomic mass is 14.4. The van der Waals surface area contributed by atoms with Crippen molar-refractivity contribution in [1.82, 2.24) is 0 Å². The zero-order chi connectivity index (χ0) is 16.6. The predicted molar refractivity (Wildman–Crippen MR) is 103 cm³/mol. The van der Waals surface area contributed by atoms with Crippen LogP contribution in [0.2, 0.25) is 13.1 Å². The molecule has 0 N–H and O–H groups in total. The Balaban J connectivity index is 2.56. The van der Waals surface area contributed by atoms with Crippen molar-refractivity contribution in [2.45, 2.75) is 106 Å². The van der Waals surface area contributed by atoms with Gasteiger partial charge in [-0.2, -0.15) is 0 Å². The average molecular weight is 305 g/mol. The minimum atomic E-state index is 0.560. The molecule has 0 aromatic carbocycles. The van der Waals surface area contributed by atoms with Crippen LogP contribution in [0.15, 0.2) is 0 Å².